The zero-order chi connectivity index (χ0) is 16.1. The molecule has 1 aromatic rings. The molecule has 0 unspecified atom stereocenters. The summed E-state index contributed by atoms with van der Waals surface area (Å²) in [4.78, 5) is 19.8. The lowest BCUT2D eigenvalue weighted by Gasteiger charge is -2.23. The lowest BCUT2D eigenvalue weighted by Crippen LogP contribution is -2.40. The Morgan fingerprint density at radius 2 is 2.00 bits per heavy atom. The monoisotopic (exact) mass is 366 g/mol. The van der Waals surface area contributed by atoms with Crippen LogP contribution < -0.4 is 5.32 Å². The van der Waals surface area contributed by atoms with Crippen molar-refractivity contribution in [2.45, 2.75) is 25.4 Å². The Bertz CT molecular complexity index is 555. The molecule has 5 nitrogen and oxygen atoms in total. The van der Waals surface area contributed by atoms with Gasteiger partial charge in [0.15, 0.2) is 5.96 Å². The molecule has 22 heavy (non-hydrogen) atoms. The molecule has 0 radical (unpaired) electrons. The molecule has 1 amide bonds. The largest absolute Gasteiger partial charge is 0.353 e. The van der Waals surface area contributed by atoms with E-state index in [0.717, 1.165) is 17.0 Å². The number of nitrogens with one attached hydrogen (secondary N) is 1. The van der Waals surface area contributed by atoms with Crippen LogP contribution in [0.25, 0.3) is 0 Å². The Kier molecular flexibility index (Phi) is 5.83. The molecular weight excluding hydrogens is 344 g/mol. The minimum Gasteiger partial charge on any atom is -0.353 e. The van der Waals surface area contributed by atoms with E-state index in [9.17, 15) is 4.79 Å². The smallest absolute Gasteiger partial charge is 0.243 e. The number of benzene rings is 1. The van der Waals surface area contributed by atoms with E-state index in [-0.39, 0.29) is 12.5 Å². The topological polar surface area (TPSA) is 47.9 Å². The minimum atomic E-state index is 0.00406. The van der Waals surface area contributed by atoms with Crippen molar-refractivity contribution in [3.8, 4) is 0 Å². The van der Waals surface area contributed by atoms with Crippen molar-refractivity contribution >= 4 is 27.8 Å². The van der Waals surface area contributed by atoms with Crippen molar-refractivity contribution in [3.63, 3.8) is 0 Å². The number of aliphatic imine (C=N–C) groups is 1. The first-order valence-corrected chi connectivity index (χ1v) is 8.22. The molecule has 6 heteroatoms. The molecule has 0 spiro atoms. The fraction of sp³-hybridized carbons (Fsp3) is 0.500. The molecule has 120 valence electrons. The standard InChI is InChI=1S/C16H23BrN4O/c1-20(2)15(22)10-18-16(19-13-8-9-13)21(3)11-12-6-4-5-7-14(12)17/h4-7,13H,8-11H2,1-3H3,(H,18,19). The van der Waals surface area contributed by atoms with Gasteiger partial charge in [0.05, 0.1) is 0 Å². The summed E-state index contributed by atoms with van der Waals surface area (Å²) in [5.74, 6) is 0.790. The molecule has 1 aliphatic carbocycles. The van der Waals surface area contributed by atoms with Crippen LogP contribution in [0.3, 0.4) is 0 Å². The van der Waals surface area contributed by atoms with Crippen molar-refractivity contribution in [2.75, 3.05) is 27.7 Å². The molecule has 0 heterocycles. The van der Waals surface area contributed by atoms with Gasteiger partial charge in [-0.25, -0.2) is 4.99 Å². The zero-order valence-corrected chi connectivity index (χ0v) is 14.9. The number of hydrogen-bond donors (Lipinski definition) is 1. The lowest BCUT2D eigenvalue weighted by molar-refractivity contribution is -0.127. The van der Waals surface area contributed by atoms with E-state index in [0.29, 0.717) is 6.04 Å². The van der Waals surface area contributed by atoms with Gasteiger partial charge < -0.3 is 15.1 Å². The average molecular weight is 367 g/mol. The highest BCUT2D eigenvalue weighted by Crippen LogP contribution is 2.20. The van der Waals surface area contributed by atoms with E-state index >= 15 is 0 Å². The second kappa shape index (κ2) is 7.63. The third-order valence-corrected chi connectivity index (χ3v) is 4.27. The minimum absolute atomic E-state index is 0.00406. The van der Waals surface area contributed by atoms with Crippen LogP contribution >= 0.6 is 15.9 Å². The predicted octanol–water partition coefficient (Wildman–Crippen LogP) is 2.08. The van der Waals surface area contributed by atoms with Gasteiger partial charge in [-0.05, 0) is 24.5 Å². The SMILES string of the molecule is CN(C)C(=O)CN=C(NC1CC1)N(C)Cc1ccccc1Br. The van der Waals surface area contributed by atoms with Gasteiger partial charge in [0, 0.05) is 38.2 Å². The van der Waals surface area contributed by atoms with Crippen LogP contribution in [0.2, 0.25) is 0 Å². The van der Waals surface area contributed by atoms with Crippen molar-refractivity contribution in [2.24, 2.45) is 4.99 Å². The Hall–Kier alpha value is -1.56. The maximum absolute atomic E-state index is 11.7. The molecule has 0 aliphatic heterocycles. The number of carbonyl (C=O) groups excluding carboxylic acids is 1. The lowest BCUT2D eigenvalue weighted by atomic mass is 10.2. The molecule has 1 saturated carbocycles. The predicted molar refractivity (Wildman–Crippen MR) is 92.8 cm³/mol. The molecule has 1 N–H and O–H groups in total. The Morgan fingerprint density at radius 1 is 1.32 bits per heavy atom. The number of nitrogens with zero attached hydrogens (tertiary/aromatic N) is 3. The highest BCUT2D eigenvalue weighted by Gasteiger charge is 2.24. The summed E-state index contributed by atoms with van der Waals surface area (Å²) in [7, 11) is 5.49. The van der Waals surface area contributed by atoms with Crippen molar-refractivity contribution < 1.29 is 4.79 Å². The second-order valence-electron chi connectivity index (χ2n) is 5.79. The van der Waals surface area contributed by atoms with Crippen LogP contribution in [-0.2, 0) is 11.3 Å². The fourth-order valence-electron chi connectivity index (χ4n) is 1.93. The number of hydrogen-bond acceptors (Lipinski definition) is 2. The van der Waals surface area contributed by atoms with E-state index in [4.69, 9.17) is 0 Å². The Labute approximate surface area is 140 Å². The van der Waals surface area contributed by atoms with Gasteiger partial charge in [0.25, 0.3) is 0 Å². The number of halogens is 1. The van der Waals surface area contributed by atoms with Crippen LogP contribution in [0.15, 0.2) is 33.7 Å². The van der Waals surface area contributed by atoms with E-state index in [2.05, 4.69) is 37.2 Å². The van der Waals surface area contributed by atoms with Gasteiger partial charge in [-0.15, -0.1) is 0 Å². The van der Waals surface area contributed by atoms with Crippen LogP contribution in [0.5, 0.6) is 0 Å². The second-order valence-corrected chi connectivity index (χ2v) is 6.65. The highest BCUT2D eigenvalue weighted by molar-refractivity contribution is 9.10. The first-order chi connectivity index (χ1) is 10.5. The van der Waals surface area contributed by atoms with Crippen LogP contribution in [0, 0.1) is 0 Å². The van der Waals surface area contributed by atoms with Crippen molar-refractivity contribution in [1.29, 1.82) is 0 Å². The first kappa shape index (κ1) is 16.8. The summed E-state index contributed by atoms with van der Waals surface area (Å²) in [6.45, 7) is 0.901. The summed E-state index contributed by atoms with van der Waals surface area (Å²) in [6.07, 6.45) is 2.34. The molecule has 1 aliphatic rings. The number of guanidine groups is 1. The van der Waals surface area contributed by atoms with Gasteiger partial charge in [-0.1, -0.05) is 34.1 Å². The molecule has 0 bridgehead atoms. The molecule has 0 saturated heterocycles. The summed E-state index contributed by atoms with van der Waals surface area (Å²) in [5.41, 5.74) is 1.19. The molecule has 0 aromatic heterocycles. The van der Waals surface area contributed by atoms with Gasteiger partial charge in [0.1, 0.15) is 6.54 Å². The van der Waals surface area contributed by atoms with E-state index in [1.165, 1.54) is 18.4 Å². The van der Waals surface area contributed by atoms with Crippen LogP contribution in [-0.4, -0.2) is 55.4 Å². The summed E-state index contributed by atoms with van der Waals surface area (Å²) in [6, 6.07) is 8.63. The van der Waals surface area contributed by atoms with Gasteiger partial charge in [0.2, 0.25) is 5.91 Å². The average Bonchev–Trinajstić information content (AvgIpc) is 3.29. The number of amides is 1. The number of likely N-dealkylation sites (N-methyl/N-ethyl adjacent to an activating group) is 1. The fourth-order valence-corrected chi connectivity index (χ4v) is 2.34. The normalized spacial score (nSPS) is 14.6. The molecular formula is C16H23BrN4O. The molecule has 1 aromatic carbocycles. The van der Waals surface area contributed by atoms with E-state index in [1.807, 2.05) is 25.2 Å². The molecule has 0 atom stereocenters. The number of rotatable bonds is 5. The van der Waals surface area contributed by atoms with Gasteiger partial charge in [-0.2, -0.15) is 0 Å². The van der Waals surface area contributed by atoms with Crippen LogP contribution in [0.4, 0.5) is 0 Å². The van der Waals surface area contributed by atoms with Crippen LogP contribution in [0.1, 0.15) is 18.4 Å². The third-order valence-electron chi connectivity index (χ3n) is 3.50. The maximum Gasteiger partial charge on any atom is 0.243 e. The summed E-state index contributed by atoms with van der Waals surface area (Å²) >= 11 is 3.57. The first-order valence-electron chi connectivity index (χ1n) is 7.43. The summed E-state index contributed by atoms with van der Waals surface area (Å²) in [5, 5.41) is 3.41. The number of carbonyl (C=O) groups is 1. The van der Waals surface area contributed by atoms with Gasteiger partial charge >= 0.3 is 0 Å². The van der Waals surface area contributed by atoms with Gasteiger partial charge in [-0.3, -0.25) is 4.79 Å². The summed E-state index contributed by atoms with van der Waals surface area (Å²) < 4.78 is 1.08. The zero-order valence-electron chi connectivity index (χ0n) is 13.3. The maximum atomic E-state index is 11.7. The van der Waals surface area contributed by atoms with Crippen molar-refractivity contribution in [3.05, 3.63) is 34.3 Å². The Balaban J connectivity index is 2.05. The van der Waals surface area contributed by atoms with E-state index < -0.39 is 0 Å². The third kappa shape index (κ3) is 5.02. The molecule has 1 fully saturated rings. The Morgan fingerprint density at radius 3 is 2.59 bits per heavy atom. The van der Waals surface area contributed by atoms with E-state index in [1.54, 1.807) is 19.0 Å². The highest BCUT2D eigenvalue weighted by atomic mass is 79.9. The quantitative estimate of drug-likeness (QED) is 0.640. The molecule has 2 rings (SSSR count). The van der Waals surface area contributed by atoms with Crippen molar-refractivity contribution in [1.82, 2.24) is 15.1 Å².